The summed E-state index contributed by atoms with van der Waals surface area (Å²) >= 11 is 0. The number of nitrogens with zero attached hydrogens (tertiary/aromatic N) is 2. The first kappa shape index (κ1) is 18.5. The lowest BCUT2D eigenvalue weighted by atomic mass is 10.1. The molecule has 0 bridgehead atoms. The lowest BCUT2D eigenvalue weighted by Gasteiger charge is -2.19. The molecule has 0 atom stereocenters. The van der Waals surface area contributed by atoms with Crippen molar-refractivity contribution in [3.8, 4) is 17.2 Å². The van der Waals surface area contributed by atoms with Crippen LogP contribution in [0.2, 0.25) is 0 Å². The lowest BCUT2D eigenvalue weighted by molar-refractivity contribution is -0.115. The van der Waals surface area contributed by atoms with Crippen LogP contribution in [0.5, 0.6) is 17.2 Å². The predicted octanol–water partition coefficient (Wildman–Crippen LogP) is 3.18. The molecular weight excluding hydrogens is 372 g/mol. The number of carbonyl (C=O) groups excluding carboxylic acids is 1. The SMILES string of the molecule is COc1ccc(CC(=O)Nc2ccc(Nc3ccc4c(c3)OCCO4)nn2)cc1. The van der Waals surface area contributed by atoms with Crippen molar-refractivity contribution >= 4 is 23.2 Å². The van der Waals surface area contributed by atoms with Crippen molar-refractivity contribution in [3.05, 3.63) is 60.2 Å². The number of nitrogens with one attached hydrogen (secondary N) is 2. The second-order valence-corrected chi connectivity index (χ2v) is 6.36. The summed E-state index contributed by atoms with van der Waals surface area (Å²) in [6, 6.07) is 16.3. The second kappa shape index (κ2) is 8.47. The lowest BCUT2D eigenvalue weighted by Crippen LogP contribution is -2.16. The minimum Gasteiger partial charge on any atom is -0.497 e. The van der Waals surface area contributed by atoms with E-state index in [1.165, 1.54) is 0 Å². The summed E-state index contributed by atoms with van der Waals surface area (Å²) < 4.78 is 16.2. The largest absolute Gasteiger partial charge is 0.497 e. The number of hydrogen-bond donors (Lipinski definition) is 2. The van der Waals surface area contributed by atoms with E-state index >= 15 is 0 Å². The van der Waals surface area contributed by atoms with Gasteiger partial charge in [0, 0.05) is 11.8 Å². The van der Waals surface area contributed by atoms with Crippen LogP contribution in [0.25, 0.3) is 0 Å². The highest BCUT2D eigenvalue weighted by molar-refractivity contribution is 5.91. The molecule has 0 saturated carbocycles. The number of aromatic nitrogens is 2. The molecule has 2 aromatic carbocycles. The number of anilines is 3. The average Bonchev–Trinajstić information content (AvgIpc) is 2.75. The molecule has 0 radical (unpaired) electrons. The highest BCUT2D eigenvalue weighted by atomic mass is 16.6. The molecule has 2 N–H and O–H groups in total. The molecule has 29 heavy (non-hydrogen) atoms. The molecule has 8 nitrogen and oxygen atoms in total. The number of fused-ring (bicyclic) bond motifs is 1. The van der Waals surface area contributed by atoms with Crippen LogP contribution in [0.15, 0.2) is 54.6 Å². The molecular formula is C21H20N4O4. The Kier molecular flexibility index (Phi) is 5.42. The number of ether oxygens (including phenoxy) is 3. The molecule has 3 aromatic rings. The first-order chi connectivity index (χ1) is 14.2. The van der Waals surface area contributed by atoms with Crippen LogP contribution in [0.3, 0.4) is 0 Å². The summed E-state index contributed by atoms with van der Waals surface area (Å²) in [5, 5.41) is 14.0. The van der Waals surface area contributed by atoms with E-state index in [2.05, 4.69) is 20.8 Å². The second-order valence-electron chi connectivity index (χ2n) is 6.36. The normalized spacial score (nSPS) is 12.2. The molecule has 2 heterocycles. The Balaban J connectivity index is 1.34. The van der Waals surface area contributed by atoms with Crippen molar-refractivity contribution in [1.29, 1.82) is 0 Å². The number of carbonyl (C=O) groups is 1. The molecule has 0 unspecified atom stereocenters. The molecule has 0 aliphatic carbocycles. The molecule has 1 aliphatic heterocycles. The Morgan fingerprint density at radius 2 is 1.69 bits per heavy atom. The summed E-state index contributed by atoms with van der Waals surface area (Å²) in [5.41, 5.74) is 1.69. The van der Waals surface area contributed by atoms with Crippen LogP contribution in [0.4, 0.5) is 17.3 Å². The molecule has 0 fully saturated rings. The van der Waals surface area contributed by atoms with Crippen molar-refractivity contribution in [2.24, 2.45) is 0 Å². The van der Waals surface area contributed by atoms with Crippen LogP contribution in [0, 0.1) is 0 Å². The third kappa shape index (κ3) is 4.73. The average molecular weight is 392 g/mol. The van der Waals surface area contributed by atoms with E-state index in [0.717, 1.165) is 22.7 Å². The first-order valence-corrected chi connectivity index (χ1v) is 9.13. The fourth-order valence-corrected chi connectivity index (χ4v) is 2.85. The Morgan fingerprint density at radius 1 is 0.966 bits per heavy atom. The molecule has 1 amide bonds. The zero-order valence-electron chi connectivity index (χ0n) is 15.8. The molecule has 0 spiro atoms. The van der Waals surface area contributed by atoms with Gasteiger partial charge in [-0.15, -0.1) is 10.2 Å². The van der Waals surface area contributed by atoms with E-state index in [0.29, 0.717) is 30.6 Å². The van der Waals surface area contributed by atoms with Gasteiger partial charge in [-0.05, 0) is 42.0 Å². The van der Waals surface area contributed by atoms with Gasteiger partial charge in [0.1, 0.15) is 19.0 Å². The van der Waals surface area contributed by atoms with E-state index in [1.54, 1.807) is 19.2 Å². The number of rotatable bonds is 6. The third-order valence-corrected chi connectivity index (χ3v) is 4.27. The summed E-state index contributed by atoms with van der Waals surface area (Å²) in [6.07, 6.45) is 0.239. The van der Waals surface area contributed by atoms with Crippen molar-refractivity contribution in [1.82, 2.24) is 10.2 Å². The summed E-state index contributed by atoms with van der Waals surface area (Å²) in [6.45, 7) is 1.08. The van der Waals surface area contributed by atoms with Gasteiger partial charge in [-0.3, -0.25) is 4.79 Å². The highest BCUT2D eigenvalue weighted by Gasteiger charge is 2.12. The molecule has 4 rings (SSSR count). The van der Waals surface area contributed by atoms with Crippen molar-refractivity contribution < 1.29 is 19.0 Å². The Labute approximate surface area is 167 Å². The van der Waals surface area contributed by atoms with Gasteiger partial charge in [-0.1, -0.05) is 12.1 Å². The van der Waals surface area contributed by atoms with Crippen molar-refractivity contribution in [2.75, 3.05) is 31.0 Å². The fourth-order valence-electron chi connectivity index (χ4n) is 2.85. The number of hydrogen-bond acceptors (Lipinski definition) is 7. The number of benzene rings is 2. The van der Waals surface area contributed by atoms with Crippen molar-refractivity contribution in [3.63, 3.8) is 0 Å². The van der Waals surface area contributed by atoms with Crippen LogP contribution < -0.4 is 24.8 Å². The minimum atomic E-state index is -0.169. The third-order valence-electron chi connectivity index (χ3n) is 4.27. The Hall–Kier alpha value is -3.81. The summed E-state index contributed by atoms with van der Waals surface area (Å²) in [4.78, 5) is 12.2. The fraction of sp³-hybridized carbons (Fsp3) is 0.190. The van der Waals surface area contributed by atoms with Gasteiger partial charge in [0.05, 0.1) is 13.5 Å². The minimum absolute atomic E-state index is 0.169. The highest BCUT2D eigenvalue weighted by Crippen LogP contribution is 2.33. The van der Waals surface area contributed by atoms with E-state index in [4.69, 9.17) is 14.2 Å². The zero-order chi connectivity index (χ0) is 20.1. The maximum absolute atomic E-state index is 12.2. The van der Waals surface area contributed by atoms with Crippen LogP contribution in [-0.2, 0) is 11.2 Å². The van der Waals surface area contributed by atoms with E-state index < -0.39 is 0 Å². The topological polar surface area (TPSA) is 94.6 Å². The van der Waals surface area contributed by atoms with Gasteiger partial charge in [0.25, 0.3) is 0 Å². The molecule has 1 aromatic heterocycles. The van der Waals surface area contributed by atoms with Gasteiger partial charge in [-0.25, -0.2) is 0 Å². The van der Waals surface area contributed by atoms with Gasteiger partial charge >= 0.3 is 0 Å². The maximum atomic E-state index is 12.2. The molecule has 1 aliphatic rings. The van der Waals surface area contributed by atoms with Crippen LogP contribution in [-0.4, -0.2) is 36.4 Å². The van der Waals surface area contributed by atoms with E-state index in [9.17, 15) is 4.79 Å². The maximum Gasteiger partial charge on any atom is 0.229 e. The quantitative estimate of drug-likeness (QED) is 0.665. The van der Waals surface area contributed by atoms with Gasteiger partial charge in [-0.2, -0.15) is 0 Å². The Morgan fingerprint density at radius 3 is 2.41 bits per heavy atom. The van der Waals surface area contributed by atoms with E-state index in [1.807, 2.05) is 42.5 Å². The monoisotopic (exact) mass is 392 g/mol. The van der Waals surface area contributed by atoms with Gasteiger partial charge in [0.2, 0.25) is 5.91 Å². The smallest absolute Gasteiger partial charge is 0.229 e. The Bertz CT molecular complexity index is 991. The van der Waals surface area contributed by atoms with E-state index in [-0.39, 0.29) is 12.3 Å². The molecule has 8 heteroatoms. The summed E-state index contributed by atoms with van der Waals surface area (Å²) in [7, 11) is 1.60. The van der Waals surface area contributed by atoms with Gasteiger partial charge < -0.3 is 24.8 Å². The number of methoxy groups -OCH3 is 1. The van der Waals surface area contributed by atoms with Crippen molar-refractivity contribution in [2.45, 2.75) is 6.42 Å². The van der Waals surface area contributed by atoms with Crippen LogP contribution >= 0.6 is 0 Å². The van der Waals surface area contributed by atoms with Crippen LogP contribution in [0.1, 0.15) is 5.56 Å². The number of amides is 1. The molecule has 0 saturated heterocycles. The van der Waals surface area contributed by atoms with Gasteiger partial charge in [0.15, 0.2) is 23.1 Å². The predicted molar refractivity (Wildman–Crippen MR) is 108 cm³/mol. The molecule has 148 valence electrons. The zero-order valence-corrected chi connectivity index (χ0v) is 15.8. The first-order valence-electron chi connectivity index (χ1n) is 9.13. The summed E-state index contributed by atoms with van der Waals surface area (Å²) in [5.74, 6) is 2.93. The standard InChI is InChI=1S/C21H20N4O4/c1-27-16-5-2-14(3-6-16)12-21(26)23-20-9-8-19(24-25-20)22-15-4-7-17-18(13-15)29-11-10-28-17/h2-9,13H,10-12H2,1H3,(H,22,24)(H,23,25,26).